The predicted octanol–water partition coefficient (Wildman–Crippen LogP) is 0.521. The summed E-state index contributed by atoms with van der Waals surface area (Å²) >= 11 is 3.25. The van der Waals surface area contributed by atoms with Gasteiger partial charge in [0, 0.05) is 5.33 Å². The molecule has 0 amide bonds. The lowest BCUT2D eigenvalue weighted by Gasteiger charge is -2.04. The molecular formula is C7H5BrN6. The molecular weight excluding hydrogens is 248 g/mol. The minimum atomic E-state index is -0.297. The van der Waals surface area contributed by atoms with Crippen LogP contribution in [0, 0.1) is 11.3 Å². The zero-order valence-corrected chi connectivity index (χ0v) is 8.59. The van der Waals surface area contributed by atoms with E-state index in [1.807, 2.05) is 0 Å². The minimum absolute atomic E-state index is 0.297. The molecule has 7 heteroatoms. The molecule has 0 aromatic carbocycles. The number of nitrogens with zero attached hydrogens (tertiary/aromatic N) is 6. The van der Waals surface area contributed by atoms with E-state index in [1.54, 1.807) is 12.4 Å². The van der Waals surface area contributed by atoms with Gasteiger partial charge < -0.3 is 0 Å². The molecule has 0 spiro atoms. The highest BCUT2D eigenvalue weighted by molar-refractivity contribution is 9.09. The summed E-state index contributed by atoms with van der Waals surface area (Å²) in [5, 5.41) is 20.5. The summed E-state index contributed by atoms with van der Waals surface area (Å²) in [4.78, 5) is 3.97. The van der Waals surface area contributed by atoms with E-state index < -0.39 is 0 Å². The summed E-state index contributed by atoms with van der Waals surface area (Å²) in [7, 11) is 0. The second-order valence-electron chi connectivity index (χ2n) is 2.62. The van der Waals surface area contributed by atoms with Gasteiger partial charge in [0.1, 0.15) is 0 Å². The van der Waals surface area contributed by atoms with Crippen molar-refractivity contribution in [3.63, 3.8) is 0 Å². The van der Waals surface area contributed by atoms with Gasteiger partial charge in [-0.25, -0.2) is 0 Å². The SMILES string of the molecule is N#CC(CBr)c1cncc2nnnn12. The summed E-state index contributed by atoms with van der Waals surface area (Å²) < 4.78 is 1.52. The largest absolute Gasteiger partial charge is 0.259 e. The van der Waals surface area contributed by atoms with Gasteiger partial charge in [0.05, 0.1) is 30.1 Å². The van der Waals surface area contributed by atoms with Crippen molar-refractivity contribution in [3.05, 3.63) is 18.1 Å². The average molecular weight is 253 g/mol. The molecule has 14 heavy (non-hydrogen) atoms. The van der Waals surface area contributed by atoms with E-state index in [9.17, 15) is 0 Å². The smallest absolute Gasteiger partial charge is 0.197 e. The fourth-order valence-corrected chi connectivity index (χ4v) is 1.59. The maximum Gasteiger partial charge on any atom is 0.197 e. The van der Waals surface area contributed by atoms with Crippen LogP contribution in [0.25, 0.3) is 5.65 Å². The van der Waals surface area contributed by atoms with Gasteiger partial charge in [0.2, 0.25) is 0 Å². The summed E-state index contributed by atoms with van der Waals surface area (Å²) in [6.45, 7) is 0. The Balaban J connectivity index is 2.62. The molecule has 2 rings (SSSR count). The van der Waals surface area contributed by atoms with Crippen LogP contribution in [0.15, 0.2) is 12.4 Å². The summed E-state index contributed by atoms with van der Waals surface area (Å²) in [5.41, 5.74) is 1.23. The number of aromatic nitrogens is 5. The zero-order chi connectivity index (χ0) is 9.97. The van der Waals surface area contributed by atoms with E-state index in [4.69, 9.17) is 5.26 Å². The maximum atomic E-state index is 8.89. The van der Waals surface area contributed by atoms with E-state index in [1.165, 1.54) is 4.52 Å². The summed E-state index contributed by atoms with van der Waals surface area (Å²) in [6.07, 6.45) is 3.14. The monoisotopic (exact) mass is 252 g/mol. The number of fused-ring (bicyclic) bond motifs is 1. The highest BCUT2D eigenvalue weighted by Crippen LogP contribution is 2.15. The van der Waals surface area contributed by atoms with E-state index in [2.05, 4.69) is 42.5 Å². The number of hydrogen-bond acceptors (Lipinski definition) is 5. The lowest BCUT2D eigenvalue weighted by molar-refractivity contribution is 0.757. The Kier molecular flexibility index (Phi) is 2.37. The van der Waals surface area contributed by atoms with Crippen molar-refractivity contribution in [2.75, 3.05) is 5.33 Å². The molecule has 2 aromatic heterocycles. The number of hydrogen-bond donors (Lipinski definition) is 0. The quantitative estimate of drug-likeness (QED) is 0.729. The van der Waals surface area contributed by atoms with Crippen LogP contribution < -0.4 is 0 Å². The third kappa shape index (κ3) is 1.33. The van der Waals surface area contributed by atoms with Gasteiger partial charge in [0.25, 0.3) is 0 Å². The molecule has 0 N–H and O–H groups in total. The second kappa shape index (κ2) is 3.67. The molecule has 1 unspecified atom stereocenters. The van der Waals surface area contributed by atoms with E-state index in [-0.39, 0.29) is 5.92 Å². The van der Waals surface area contributed by atoms with Gasteiger partial charge in [-0.05, 0) is 10.4 Å². The third-order valence-corrected chi connectivity index (χ3v) is 2.45. The molecule has 2 aromatic rings. The molecule has 0 radical (unpaired) electrons. The van der Waals surface area contributed by atoms with Gasteiger partial charge in [-0.15, -0.1) is 5.10 Å². The first kappa shape index (κ1) is 9.02. The van der Waals surface area contributed by atoms with Crippen molar-refractivity contribution in [2.24, 2.45) is 0 Å². The predicted molar refractivity (Wildman–Crippen MR) is 50.7 cm³/mol. The molecule has 6 nitrogen and oxygen atoms in total. The van der Waals surface area contributed by atoms with Crippen molar-refractivity contribution in [1.29, 1.82) is 5.26 Å². The Morgan fingerprint density at radius 2 is 2.43 bits per heavy atom. The van der Waals surface area contributed by atoms with E-state index in [0.717, 1.165) is 0 Å². The third-order valence-electron chi connectivity index (χ3n) is 1.80. The fourth-order valence-electron chi connectivity index (χ4n) is 1.11. The molecule has 0 aliphatic heterocycles. The molecule has 0 aliphatic rings. The Labute approximate surface area is 87.7 Å². The highest BCUT2D eigenvalue weighted by atomic mass is 79.9. The number of rotatable bonds is 2. The molecule has 2 heterocycles. The van der Waals surface area contributed by atoms with Crippen LogP contribution in [0.1, 0.15) is 11.6 Å². The van der Waals surface area contributed by atoms with Gasteiger partial charge in [-0.3, -0.25) is 4.98 Å². The molecule has 0 fully saturated rings. The number of halogens is 1. The lowest BCUT2D eigenvalue weighted by atomic mass is 10.1. The Bertz CT molecular complexity index is 486. The van der Waals surface area contributed by atoms with E-state index in [0.29, 0.717) is 16.7 Å². The fraction of sp³-hybridized carbons (Fsp3) is 0.286. The molecule has 70 valence electrons. The Hall–Kier alpha value is -1.55. The van der Waals surface area contributed by atoms with Gasteiger partial charge in [-0.2, -0.15) is 9.78 Å². The molecule has 1 atom stereocenters. The summed E-state index contributed by atoms with van der Waals surface area (Å²) in [5.74, 6) is -0.297. The van der Waals surface area contributed by atoms with Crippen molar-refractivity contribution >= 4 is 21.6 Å². The summed E-state index contributed by atoms with van der Waals surface area (Å²) in [6, 6.07) is 2.15. The minimum Gasteiger partial charge on any atom is -0.259 e. The first-order valence-corrected chi connectivity index (χ1v) is 4.96. The molecule has 0 aliphatic carbocycles. The normalized spacial score (nSPS) is 12.6. The molecule has 0 saturated heterocycles. The number of tetrazole rings is 1. The maximum absolute atomic E-state index is 8.89. The topological polar surface area (TPSA) is 79.8 Å². The van der Waals surface area contributed by atoms with E-state index >= 15 is 0 Å². The lowest BCUT2D eigenvalue weighted by Crippen LogP contribution is -2.06. The number of nitriles is 1. The van der Waals surface area contributed by atoms with Crippen molar-refractivity contribution in [2.45, 2.75) is 5.92 Å². The average Bonchev–Trinajstić information content (AvgIpc) is 2.68. The van der Waals surface area contributed by atoms with Gasteiger partial charge in [-0.1, -0.05) is 15.9 Å². The Morgan fingerprint density at radius 3 is 3.14 bits per heavy atom. The highest BCUT2D eigenvalue weighted by Gasteiger charge is 2.14. The van der Waals surface area contributed by atoms with Crippen LogP contribution in [0.3, 0.4) is 0 Å². The van der Waals surface area contributed by atoms with Crippen LogP contribution >= 0.6 is 15.9 Å². The Morgan fingerprint density at radius 1 is 1.57 bits per heavy atom. The molecule has 0 saturated carbocycles. The van der Waals surface area contributed by atoms with Gasteiger partial charge >= 0.3 is 0 Å². The van der Waals surface area contributed by atoms with Crippen LogP contribution in [0.5, 0.6) is 0 Å². The van der Waals surface area contributed by atoms with Crippen molar-refractivity contribution < 1.29 is 0 Å². The van der Waals surface area contributed by atoms with Crippen molar-refractivity contribution in [1.82, 2.24) is 25.0 Å². The van der Waals surface area contributed by atoms with Crippen molar-refractivity contribution in [3.8, 4) is 6.07 Å². The standard InChI is InChI=1S/C7H5BrN6/c8-1-5(2-9)6-3-10-4-7-11-12-13-14(6)7/h3-5H,1H2. The number of alkyl halides is 1. The van der Waals surface area contributed by atoms with Crippen LogP contribution in [0.4, 0.5) is 0 Å². The zero-order valence-electron chi connectivity index (χ0n) is 7.00. The van der Waals surface area contributed by atoms with Gasteiger partial charge in [0.15, 0.2) is 5.65 Å². The van der Waals surface area contributed by atoms with Crippen LogP contribution in [0.2, 0.25) is 0 Å². The van der Waals surface area contributed by atoms with Crippen LogP contribution in [-0.2, 0) is 0 Å². The second-order valence-corrected chi connectivity index (χ2v) is 3.26. The first-order chi connectivity index (χ1) is 6.86. The molecule has 0 bridgehead atoms. The first-order valence-electron chi connectivity index (χ1n) is 3.84. The van der Waals surface area contributed by atoms with Crippen LogP contribution in [-0.4, -0.2) is 30.4 Å².